The van der Waals surface area contributed by atoms with E-state index >= 15 is 0 Å². The van der Waals surface area contributed by atoms with E-state index in [0.29, 0.717) is 15.8 Å². The molecule has 4 rings (SSSR count). The zero-order valence-electron chi connectivity index (χ0n) is 26.5. The van der Waals surface area contributed by atoms with E-state index in [1.807, 2.05) is 45.3 Å². The molecule has 0 amide bonds. The number of ether oxygens (including phenoxy) is 6. The molecule has 12 heteroatoms. The Hall–Kier alpha value is -2.06. The lowest BCUT2D eigenvalue weighted by molar-refractivity contribution is -0.259. The number of carbonyl (C=O) groups is 1. The molecule has 1 aromatic heterocycles. The molecule has 0 N–H and O–H groups in total. The molecule has 0 saturated heterocycles. The standard InChI is InChI=1S/C32H44BrN3O7S/c1-19(2)41-27(16-38-6)28(43-30(21(5)39-7)42-20(3)4)17-40-29(37)18-44-32-35-34-31(33)36(32)26-15-14-23(22-12-13-22)24-10-8-9-11-25(24)26/h8-11,14-15,19-22,27-28,30H,12-13,16-18H2,1-7H3/t21?,27-,28?,30+/m0/s1. The van der Waals surface area contributed by atoms with Crippen molar-refractivity contribution in [2.24, 2.45) is 0 Å². The summed E-state index contributed by atoms with van der Waals surface area (Å²) in [6, 6.07) is 12.7. The van der Waals surface area contributed by atoms with Crippen molar-refractivity contribution in [2.45, 2.75) is 95.3 Å². The van der Waals surface area contributed by atoms with Crippen LogP contribution in [0.2, 0.25) is 0 Å². The van der Waals surface area contributed by atoms with Crippen molar-refractivity contribution < 1.29 is 33.2 Å². The number of benzene rings is 2. The smallest absolute Gasteiger partial charge is 0.316 e. The molecule has 1 aliphatic carbocycles. The van der Waals surface area contributed by atoms with Crippen molar-refractivity contribution in [3.8, 4) is 5.69 Å². The zero-order valence-corrected chi connectivity index (χ0v) is 28.9. The van der Waals surface area contributed by atoms with Gasteiger partial charge in [0, 0.05) is 19.6 Å². The minimum atomic E-state index is -0.703. The van der Waals surface area contributed by atoms with Gasteiger partial charge in [-0.15, -0.1) is 10.2 Å². The van der Waals surface area contributed by atoms with Crippen molar-refractivity contribution in [3.05, 3.63) is 46.7 Å². The number of nitrogens with zero attached hydrogens (tertiary/aromatic N) is 3. The zero-order chi connectivity index (χ0) is 31.8. The molecule has 0 bridgehead atoms. The van der Waals surface area contributed by atoms with Crippen LogP contribution in [-0.4, -0.2) is 90.7 Å². The lowest BCUT2D eigenvalue weighted by Gasteiger charge is -2.33. The van der Waals surface area contributed by atoms with Crippen LogP contribution in [0.15, 0.2) is 46.3 Å². The number of fused-ring (bicyclic) bond motifs is 1. The first-order valence-electron chi connectivity index (χ1n) is 15.0. The van der Waals surface area contributed by atoms with Crippen LogP contribution in [0.1, 0.15) is 58.9 Å². The monoisotopic (exact) mass is 693 g/mol. The SMILES string of the molecule is COC[C@H](OC(C)C)C(COC(=O)CSc1nnc(Br)n1-c1ccc(C2CC2)c2ccccc12)O[C@@H](OC(C)C)C(C)OC. The van der Waals surface area contributed by atoms with Gasteiger partial charge >= 0.3 is 5.97 Å². The maximum absolute atomic E-state index is 13.1. The van der Waals surface area contributed by atoms with E-state index in [2.05, 4.69) is 56.5 Å². The van der Waals surface area contributed by atoms with Gasteiger partial charge in [-0.25, -0.2) is 0 Å². The molecule has 0 spiro atoms. The molecule has 2 unspecified atom stereocenters. The molecule has 1 aliphatic rings. The highest BCUT2D eigenvalue weighted by Crippen LogP contribution is 2.44. The van der Waals surface area contributed by atoms with Gasteiger partial charge in [-0.05, 0) is 86.3 Å². The van der Waals surface area contributed by atoms with Gasteiger partial charge in [0.05, 0.1) is 30.3 Å². The normalized spacial score (nSPS) is 16.4. The van der Waals surface area contributed by atoms with Crippen LogP contribution in [-0.2, 0) is 33.2 Å². The summed E-state index contributed by atoms with van der Waals surface area (Å²) in [4.78, 5) is 13.1. The summed E-state index contributed by atoms with van der Waals surface area (Å²) < 4.78 is 37.5. The second-order valence-corrected chi connectivity index (χ2v) is 13.1. The first-order valence-corrected chi connectivity index (χ1v) is 16.8. The number of esters is 1. The van der Waals surface area contributed by atoms with Crippen LogP contribution >= 0.6 is 27.7 Å². The van der Waals surface area contributed by atoms with E-state index in [1.165, 1.54) is 35.6 Å². The second kappa shape index (κ2) is 16.5. The number of carbonyl (C=O) groups excluding carboxylic acids is 1. The van der Waals surface area contributed by atoms with Gasteiger partial charge in [-0.2, -0.15) is 0 Å². The molecule has 1 fully saturated rings. The quantitative estimate of drug-likeness (QED) is 0.0856. The number of aromatic nitrogens is 3. The van der Waals surface area contributed by atoms with Crippen molar-refractivity contribution in [1.29, 1.82) is 0 Å². The molecule has 44 heavy (non-hydrogen) atoms. The minimum Gasteiger partial charge on any atom is -0.462 e. The van der Waals surface area contributed by atoms with E-state index in [0.717, 1.165) is 11.1 Å². The van der Waals surface area contributed by atoms with E-state index < -0.39 is 24.5 Å². The van der Waals surface area contributed by atoms with Crippen LogP contribution in [0.3, 0.4) is 0 Å². The highest BCUT2D eigenvalue weighted by atomic mass is 79.9. The lowest BCUT2D eigenvalue weighted by atomic mass is 9.99. The van der Waals surface area contributed by atoms with E-state index in [1.54, 1.807) is 14.2 Å². The van der Waals surface area contributed by atoms with Crippen LogP contribution in [0.4, 0.5) is 0 Å². The first kappa shape index (κ1) is 34.8. The second-order valence-electron chi connectivity index (χ2n) is 11.4. The Bertz CT molecular complexity index is 1370. The van der Waals surface area contributed by atoms with E-state index in [4.69, 9.17) is 28.4 Å². The lowest BCUT2D eigenvalue weighted by Crippen LogP contribution is -2.46. The number of hydrogen-bond donors (Lipinski definition) is 0. The Morgan fingerprint density at radius 2 is 1.61 bits per heavy atom. The highest BCUT2D eigenvalue weighted by molar-refractivity contribution is 9.10. The molecule has 242 valence electrons. The topological polar surface area (TPSA) is 103 Å². The van der Waals surface area contributed by atoms with Crippen molar-refractivity contribution in [2.75, 3.05) is 33.2 Å². The number of methoxy groups -OCH3 is 2. The molecule has 1 heterocycles. The summed E-state index contributed by atoms with van der Waals surface area (Å²) >= 11 is 4.82. The average Bonchev–Trinajstić information content (AvgIpc) is 3.78. The van der Waals surface area contributed by atoms with E-state index in [9.17, 15) is 4.79 Å². The molecule has 3 aromatic rings. The number of halogens is 1. The first-order chi connectivity index (χ1) is 21.1. The Morgan fingerprint density at radius 3 is 2.25 bits per heavy atom. The maximum atomic E-state index is 13.1. The fourth-order valence-electron chi connectivity index (χ4n) is 4.93. The maximum Gasteiger partial charge on any atom is 0.316 e. The number of thioether (sulfide) groups is 1. The van der Waals surface area contributed by atoms with Gasteiger partial charge in [0.2, 0.25) is 4.73 Å². The highest BCUT2D eigenvalue weighted by Gasteiger charge is 2.32. The molecule has 0 aliphatic heterocycles. The average molecular weight is 695 g/mol. The van der Waals surface area contributed by atoms with Crippen LogP contribution in [0, 0.1) is 0 Å². The minimum absolute atomic E-state index is 0.0241. The Balaban J connectivity index is 1.47. The molecule has 1 saturated carbocycles. The Labute approximate surface area is 272 Å². The summed E-state index contributed by atoms with van der Waals surface area (Å²) in [6.07, 6.45) is -0.00443. The fourth-order valence-corrected chi connectivity index (χ4v) is 6.23. The summed E-state index contributed by atoms with van der Waals surface area (Å²) in [6.45, 7) is 9.75. The van der Waals surface area contributed by atoms with Gasteiger partial charge in [0.1, 0.15) is 24.9 Å². The third kappa shape index (κ3) is 9.24. The summed E-state index contributed by atoms with van der Waals surface area (Å²) in [5.74, 6) is 0.218. The number of hydrogen-bond acceptors (Lipinski definition) is 10. The Kier molecular flexibility index (Phi) is 13.0. The van der Waals surface area contributed by atoms with Crippen molar-refractivity contribution in [1.82, 2.24) is 14.8 Å². The molecule has 0 radical (unpaired) electrons. The molecule has 4 atom stereocenters. The van der Waals surface area contributed by atoms with Gasteiger partial charge in [-0.1, -0.05) is 42.1 Å². The Morgan fingerprint density at radius 1 is 0.932 bits per heavy atom. The number of rotatable bonds is 18. The summed E-state index contributed by atoms with van der Waals surface area (Å²) in [5, 5.41) is 11.5. The van der Waals surface area contributed by atoms with Gasteiger partial charge in [0.15, 0.2) is 11.4 Å². The molecule has 2 aromatic carbocycles. The van der Waals surface area contributed by atoms with Crippen molar-refractivity contribution >= 4 is 44.4 Å². The predicted octanol–water partition coefficient (Wildman–Crippen LogP) is 6.31. The third-order valence-corrected chi connectivity index (χ3v) is 8.59. The van der Waals surface area contributed by atoms with Gasteiger partial charge < -0.3 is 28.4 Å². The van der Waals surface area contributed by atoms with Gasteiger partial charge in [-0.3, -0.25) is 9.36 Å². The molecule has 10 nitrogen and oxygen atoms in total. The summed E-state index contributed by atoms with van der Waals surface area (Å²) in [5.41, 5.74) is 2.32. The van der Waals surface area contributed by atoms with E-state index in [-0.39, 0.29) is 37.3 Å². The van der Waals surface area contributed by atoms with Crippen LogP contribution < -0.4 is 0 Å². The third-order valence-electron chi connectivity index (χ3n) is 7.18. The van der Waals surface area contributed by atoms with Crippen LogP contribution in [0.25, 0.3) is 16.5 Å². The largest absolute Gasteiger partial charge is 0.462 e. The fraction of sp³-hybridized carbons (Fsp3) is 0.594. The van der Waals surface area contributed by atoms with Gasteiger partial charge in [0.25, 0.3) is 0 Å². The predicted molar refractivity (Wildman–Crippen MR) is 173 cm³/mol. The van der Waals surface area contributed by atoms with Crippen LogP contribution in [0.5, 0.6) is 0 Å². The summed E-state index contributed by atoms with van der Waals surface area (Å²) in [7, 11) is 3.18. The van der Waals surface area contributed by atoms with Crippen molar-refractivity contribution in [3.63, 3.8) is 0 Å². The molecular weight excluding hydrogens is 650 g/mol. The molecular formula is C32H44BrN3O7S.